The number of amides is 2. The minimum Gasteiger partial charge on any atom is -0.394 e. The van der Waals surface area contributed by atoms with Crippen molar-refractivity contribution in [3.63, 3.8) is 0 Å². The van der Waals surface area contributed by atoms with E-state index in [1.165, 1.54) is 37.9 Å². The molecular weight excluding hydrogens is 454 g/mol. The predicted octanol–water partition coefficient (Wildman–Crippen LogP) is 2.83. The lowest BCUT2D eigenvalue weighted by atomic mass is 9.90. The second kappa shape index (κ2) is 11.2. The molecule has 4 aromatic rings. The minimum atomic E-state index is -0.934. The zero-order valence-electron chi connectivity index (χ0n) is 20.5. The highest BCUT2D eigenvalue weighted by Gasteiger charge is 2.20. The van der Waals surface area contributed by atoms with Crippen molar-refractivity contribution in [2.45, 2.75) is 25.3 Å². The SMILES string of the molecule is O=C(CCCc1ccc2ccc3cccc4ccc1c2c34)NC(CO)C(=O)NCCN1CCOCC1. The molecule has 1 saturated heterocycles. The van der Waals surface area contributed by atoms with Crippen molar-refractivity contribution in [1.82, 2.24) is 15.5 Å². The Labute approximate surface area is 210 Å². The van der Waals surface area contributed by atoms with Gasteiger partial charge in [-0.15, -0.1) is 0 Å². The molecule has 0 aliphatic carbocycles. The fraction of sp³-hybridized carbons (Fsp3) is 0.379. The number of aliphatic hydroxyl groups excluding tert-OH is 1. The Balaban J connectivity index is 1.15. The van der Waals surface area contributed by atoms with Crippen LogP contribution in [-0.2, 0) is 20.7 Å². The second-order valence-corrected chi connectivity index (χ2v) is 9.48. The van der Waals surface area contributed by atoms with E-state index in [1.54, 1.807) is 0 Å². The standard InChI is InChI=1S/C29H33N3O4/c33-19-25(29(35)30-13-14-32-15-17-36-18-16-32)31-26(34)6-2-3-20-7-8-23-10-9-21-4-1-5-22-11-12-24(20)28(23)27(21)22/h1,4-5,7-12,25,33H,2-3,6,13-19H2,(H,30,35)(H,31,34). The van der Waals surface area contributed by atoms with Gasteiger partial charge in [0.15, 0.2) is 0 Å². The van der Waals surface area contributed by atoms with Crippen LogP contribution in [0.1, 0.15) is 18.4 Å². The summed E-state index contributed by atoms with van der Waals surface area (Å²) in [5, 5.41) is 22.6. The van der Waals surface area contributed by atoms with Gasteiger partial charge in [0.05, 0.1) is 19.8 Å². The maximum Gasteiger partial charge on any atom is 0.245 e. The highest BCUT2D eigenvalue weighted by atomic mass is 16.5. The van der Waals surface area contributed by atoms with Crippen LogP contribution in [-0.4, -0.2) is 73.9 Å². The Hall–Kier alpha value is -3.26. The van der Waals surface area contributed by atoms with Gasteiger partial charge in [-0.2, -0.15) is 0 Å². The number of carbonyl (C=O) groups excluding carboxylic acids is 2. The van der Waals surface area contributed by atoms with E-state index in [1.807, 2.05) is 0 Å². The Morgan fingerprint density at radius 1 is 0.944 bits per heavy atom. The molecule has 7 heteroatoms. The molecule has 1 fully saturated rings. The largest absolute Gasteiger partial charge is 0.394 e. The molecule has 2 amide bonds. The van der Waals surface area contributed by atoms with Crippen molar-refractivity contribution in [2.75, 3.05) is 46.0 Å². The van der Waals surface area contributed by atoms with Gasteiger partial charge >= 0.3 is 0 Å². The minimum absolute atomic E-state index is 0.227. The molecule has 0 aromatic heterocycles. The van der Waals surface area contributed by atoms with Gasteiger partial charge in [-0.1, -0.05) is 54.6 Å². The maximum absolute atomic E-state index is 12.5. The van der Waals surface area contributed by atoms with Crippen LogP contribution in [0.25, 0.3) is 32.3 Å². The highest BCUT2D eigenvalue weighted by molar-refractivity contribution is 6.23. The summed E-state index contributed by atoms with van der Waals surface area (Å²) in [5.74, 6) is -0.582. The van der Waals surface area contributed by atoms with E-state index in [4.69, 9.17) is 4.74 Å². The van der Waals surface area contributed by atoms with Crippen LogP contribution in [0.3, 0.4) is 0 Å². The average molecular weight is 488 g/mol. The number of aryl methyl sites for hydroxylation is 1. The quantitative estimate of drug-likeness (QED) is 0.299. The molecule has 4 aromatic carbocycles. The summed E-state index contributed by atoms with van der Waals surface area (Å²) in [4.78, 5) is 27.2. The number of rotatable bonds is 10. The molecule has 0 radical (unpaired) electrons. The molecule has 3 N–H and O–H groups in total. The summed E-state index contributed by atoms with van der Waals surface area (Å²) in [6.07, 6.45) is 1.71. The summed E-state index contributed by atoms with van der Waals surface area (Å²) in [7, 11) is 0. The molecule has 1 heterocycles. The molecule has 0 saturated carbocycles. The Bertz CT molecular complexity index is 1330. The molecule has 0 spiro atoms. The van der Waals surface area contributed by atoms with Crippen LogP contribution < -0.4 is 10.6 Å². The summed E-state index contributed by atoms with van der Waals surface area (Å²) < 4.78 is 5.33. The van der Waals surface area contributed by atoms with E-state index >= 15 is 0 Å². The molecule has 0 bridgehead atoms. The number of ether oxygens (including phenoxy) is 1. The number of hydrogen-bond donors (Lipinski definition) is 3. The van der Waals surface area contributed by atoms with E-state index in [0.717, 1.165) is 26.1 Å². The Kier molecular flexibility index (Phi) is 7.60. The van der Waals surface area contributed by atoms with E-state index in [2.05, 4.69) is 70.1 Å². The fourth-order valence-electron chi connectivity index (χ4n) is 5.20. The monoisotopic (exact) mass is 487 g/mol. The maximum atomic E-state index is 12.5. The van der Waals surface area contributed by atoms with Crippen LogP contribution in [0.2, 0.25) is 0 Å². The first kappa shape index (κ1) is 24.4. The molecule has 7 nitrogen and oxygen atoms in total. The van der Waals surface area contributed by atoms with E-state index in [0.29, 0.717) is 32.6 Å². The number of morpholine rings is 1. The van der Waals surface area contributed by atoms with Crippen molar-refractivity contribution in [3.8, 4) is 0 Å². The van der Waals surface area contributed by atoms with Gasteiger partial charge in [0.2, 0.25) is 11.8 Å². The summed E-state index contributed by atoms with van der Waals surface area (Å²) in [6.45, 7) is 3.88. The third-order valence-corrected chi connectivity index (χ3v) is 7.13. The molecule has 1 unspecified atom stereocenters. The molecule has 1 aliphatic heterocycles. The predicted molar refractivity (Wildman–Crippen MR) is 142 cm³/mol. The number of benzene rings is 4. The number of aliphatic hydroxyl groups is 1. The molecule has 188 valence electrons. The van der Waals surface area contributed by atoms with Crippen molar-refractivity contribution in [3.05, 3.63) is 60.2 Å². The molecule has 1 aliphatic rings. The number of nitrogens with zero attached hydrogens (tertiary/aromatic N) is 1. The van der Waals surface area contributed by atoms with Crippen LogP contribution >= 0.6 is 0 Å². The molecule has 1 atom stereocenters. The van der Waals surface area contributed by atoms with Crippen LogP contribution in [0.15, 0.2) is 54.6 Å². The third kappa shape index (κ3) is 5.28. The Morgan fingerprint density at radius 3 is 2.39 bits per heavy atom. The van der Waals surface area contributed by atoms with Crippen LogP contribution in [0.4, 0.5) is 0 Å². The van der Waals surface area contributed by atoms with Gasteiger partial charge in [-0.3, -0.25) is 14.5 Å². The van der Waals surface area contributed by atoms with Crippen molar-refractivity contribution in [2.24, 2.45) is 0 Å². The second-order valence-electron chi connectivity index (χ2n) is 9.48. The first-order valence-electron chi connectivity index (χ1n) is 12.8. The van der Waals surface area contributed by atoms with Crippen LogP contribution in [0.5, 0.6) is 0 Å². The number of nitrogens with one attached hydrogen (secondary N) is 2. The molecule has 5 rings (SSSR count). The average Bonchev–Trinajstić information content (AvgIpc) is 2.91. The first-order chi connectivity index (χ1) is 17.6. The number of hydrogen-bond acceptors (Lipinski definition) is 5. The zero-order chi connectivity index (χ0) is 24.9. The van der Waals surface area contributed by atoms with E-state index in [-0.39, 0.29) is 11.8 Å². The van der Waals surface area contributed by atoms with Gasteiger partial charge in [0.1, 0.15) is 6.04 Å². The van der Waals surface area contributed by atoms with Gasteiger partial charge < -0.3 is 20.5 Å². The third-order valence-electron chi connectivity index (χ3n) is 7.13. The van der Waals surface area contributed by atoms with Gasteiger partial charge in [-0.05, 0) is 50.7 Å². The molecule has 36 heavy (non-hydrogen) atoms. The summed E-state index contributed by atoms with van der Waals surface area (Å²) in [6, 6.07) is 18.5. The smallest absolute Gasteiger partial charge is 0.245 e. The first-order valence-corrected chi connectivity index (χ1v) is 12.8. The van der Waals surface area contributed by atoms with Crippen molar-refractivity contribution >= 4 is 44.1 Å². The van der Waals surface area contributed by atoms with Crippen molar-refractivity contribution in [1.29, 1.82) is 0 Å². The van der Waals surface area contributed by atoms with Gasteiger partial charge in [-0.25, -0.2) is 0 Å². The topological polar surface area (TPSA) is 90.9 Å². The van der Waals surface area contributed by atoms with Gasteiger partial charge in [0.25, 0.3) is 0 Å². The lowest BCUT2D eigenvalue weighted by Crippen LogP contribution is -2.50. The fourth-order valence-corrected chi connectivity index (χ4v) is 5.20. The molecular formula is C29H33N3O4. The summed E-state index contributed by atoms with van der Waals surface area (Å²) >= 11 is 0. The lowest BCUT2D eigenvalue weighted by Gasteiger charge is -2.26. The van der Waals surface area contributed by atoms with E-state index in [9.17, 15) is 14.7 Å². The lowest BCUT2D eigenvalue weighted by molar-refractivity contribution is -0.130. The van der Waals surface area contributed by atoms with Gasteiger partial charge in [0, 0.05) is 32.6 Å². The number of carbonyl (C=O) groups is 2. The zero-order valence-corrected chi connectivity index (χ0v) is 20.5. The summed E-state index contributed by atoms with van der Waals surface area (Å²) in [5.41, 5.74) is 1.22. The highest BCUT2D eigenvalue weighted by Crippen LogP contribution is 2.36. The van der Waals surface area contributed by atoms with E-state index < -0.39 is 12.6 Å². The van der Waals surface area contributed by atoms with Crippen LogP contribution in [0, 0.1) is 0 Å². The Morgan fingerprint density at radius 2 is 1.64 bits per heavy atom. The normalized spacial score (nSPS) is 15.5. The van der Waals surface area contributed by atoms with Crippen molar-refractivity contribution < 1.29 is 19.4 Å².